The molecule has 30 heavy (non-hydrogen) atoms. The third kappa shape index (κ3) is 4.29. The fourth-order valence-corrected chi connectivity index (χ4v) is 4.61. The molecular weight excluding hydrogens is 406 g/mol. The van der Waals surface area contributed by atoms with Crippen molar-refractivity contribution in [1.29, 1.82) is 0 Å². The highest BCUT2D eigenvalue weighted by Gasteiger charge is 2.57. The summed E-state index contributed by atoms with van der Waals surface area (Å²) < 4.78 is 26.4. The maximum absolute atomic E-state index is 12.7. The van der Waals surface area contributed by atoms with Gasteiger partial charge in [0.05, 0.1) is 6.61 Å². The van der Waals surface area contributed by atoms with Gasteiger partial charge in [-0.25, -0.2) is 9.36 Å². The molecule has 0 bridgehead atoms. The number of hydrogen-bond donors (Lipinski definition) is 1. The van der Waals surface area contributed by atoms with Crippen LogP contribution in [0.4, 0.5) is 5.82 Å². The molecule has 0 aliphatic carbocycles. The second kappa shape index (κ2) is 7.59. The zero-order valence-electron chi connectivity index (χ0n) is 19.4. The summed E-state index contributed by atoms with van der Waals surface area (Å²) in [4.78, 5) is 28.6. The zero-order valence-corrected chi connectivity index (χ0v) is 20.4. The van der Waals surface area contributed by atoms with Crippen molar-refractivity contribution in [3.05, 3.63) is 26.9 Å². The van der Waals surface area contributed by atoms with Crippen molar-refractivity contribution in [2.24, 2.45) is 0 Å². The fraction of sp³-hybridized carbons (Fsp3) is 0.800. The molecule has 10 heteroatoms. The molecular formula is C20H35N3O6Si. The Hall–Kier alpha value is -1.46. The number of nitrogens with one attached hydrogen (secondary N) is 1. The van der Waals surface area contributed by atoms with E-state index in [1.54, 1.807) is 19.0 Å². The second-order valence-corrected chi connectivity index (χ2v) is 15.1. The third-order valence-electron chi connectivity index (χ3n) is 6.21. The minimum Gasteiger partial charge on any atom is -0.414 e. The van der Waals surface area contributed by atoms with Gasteiger partial charge < -0.3 is 23.5 Å². The van der Waals surface area contributed by atoms with Crippen molar-refractivity contribution < 1.29 is 18.6 Å². The lowest BCUT2D eigenvalue weighted by Gasteiger charge is -2.37. The molecule has 9 nitrogen and oxygen atoms in total. The molecule has 0 unspecified atom stereocenters. The number of hydrogen-bond acceptors (Lipinski definition) is 7. The second-order valence-electron chi connectivity index (χ2n) is 10.3. The maximum atomic E-state index is 12.7. The van der Waals surface area contributed by atoms with E-state index in [1.807, 2.05) is 13.8 Å². The van der Waals surface area contributed by atoms with E-state index in [4.69, 9.17) is 18.6 Å². The van der Waals surface area contributed by atoms with Crippen LogP contribution in [-0.4, -0.2) is 62.7 Å². The quantitative estimate of drug-likeness (QED) is 0.699. The van der Waals surface area contributed by atoms with Gasteiger partial charge >= 0.3 is 5.69 Å². The van der Waals surface area contributed by atoms with Gasteiger partial charge in [-0.1, -0.05) is 20.8 Å². The highest BCUT2D eigenvalue weighted by atomic mass is 28.4. The summed E-state index contributed by atoms with van der Waals surface area (Å²) in [5.74, 6) is -0.372. The highest BCUT2D eigenvalue weighted by molar-refractivity contribution is 6.74. The summed E-state index contributed by atoms with van der Waals surface area (Å²) in [5, 5.41) is 0.0602. The smallest absolute Gasteiger partial charge is 0.332 e. The normalized spacial score (nSPS) is 28.6. The van der Waals surface area contributed by atoms with Crippen LogP contribution in [0.25, 0.3) is 0 Å². The number of fused-ring (bicyclic) bond motifs is 1. The van der Waals surface area contributed by atoms with Crippen LogP contribution in [0, 0.1) is 0 Å². The minimum absolute atomic E-state index is 0.0602. The number of rotatable bonds is 5. The largest absolute Gasteiger partial charge is 0.414 e. The summed E-state index contributed by atoms with van der Waals surface area (Å²) in [6.07, 6.45) is -2.03. The Balaban J connectivity index is 1.95. The van der Waals surface area contributed by atoms with Crippen molar-refractivity contribution in [2.45, 2.75) is 83.1 Å². The van der Waals surface area contributed by atoms with Crippen molar-refractivity contribution in [2.75, 3.05) is 25.6 Å². The topological polar surface area (TPSA) is 95.0 Å². The third-order valence-corrected chi connectivity index (χ3v) is 10.7. The van der Waals surface area contributed by atoms with E-state index >= 15 is 0 Å². The van der Waals surface area contributed by atoms with Crippen molar-refractivity contribution in [1.82, 2.24) is 9.55 Å². The van der Waals surface area contributed by atoms with Gasteiger partial charge in [-0.2, -0.15) is 0 Å². The van der Waals surface area contributed by atoms with Gasteiger partial charge in [0.1, 0.15) is 24.1 Å². The Kier molecular flexibility index (Phi) is 5.87. The standard InChI is InChI=1S/C20H35N3O6Si/c1-19(2,3)30(8,9)26-11-12-15-16(29-20(4,5)28-15)17(27-12)23-14(22(6)7)10-13(24)21-18(23)25/h10,12,15-17H,11H2,1-9H3,(H,21,24,25)/t12-,15-,16-,17-/m1/s1. The number of aromatic nitrogens is 2. The Labute approximate surface area is 178 Å². The molecule has 170 valence electrons. The first-order chi connectivity index (χ1) is 13.6. The molecule has 2 aliphatic rings. The Morgan fingerprint density at radius 1 is 1.20 bits per heavy atom. The van der Waals surface area contributed by atoms with E-state index in [2.05, 4.69) is 38.8 Å². The number of anilines is 1. The number of H-pyrrole nitrogens is 1. The Morgan fingerprint density at radius 3 is 2.37 bits per heavy atom. The minimum atomic E-state index is -2.00. The Bertz CT molecular complexity index is 901. The first-order valence-corrected chi connectivity index (χ1v) is 13.2. The summed E-state index contributed by atoms with van der Waals surface area (Å²) >= 11 is 0. The van der Waals surface area contributed by atoms with Crippen molar-refractivity contribution in [3.63, 3.8) is 0 Å². The van der Waals surface area contributed by atoms with Crippen molar-refractivity contribution in [3.8, 4) is 0 Å². The van der Waals surface area contributed by atoms with Gasteiger partial charge in [0.2, 0.25) is 0 Å². The number of aromatic amines is 1. The van der Waals surface area contributed by atoms with Crippen LogP contribution in [0.1, 0.15) is 40.8 Å². The SMILES string of the molecule is CN(C)c1cc(=O)[nH]c(=O)n1[C@@H]1O[C@H](CO[Si](C)(C)C(C)(C)C)[C@H]2OC(C)(C)O[C@H]21. The average molecular weight is 442 g/mol. The monoisotopic (exact) mass is 441 g/mol. The van der Waals surface area contributed by atoms with E-state index < -0.39 is 43.8 Å². The molecule has 0 aromatic carbocycles. The van der Waals surface area contributed by atoms with Crippen LogP contribution in [0.3, 0.4) is 0 Å². The molecule has 2 fully saturated rings. The predicted octanol–water partition coefficient (Wildman–Crippen LogP) is 2.04. The molecule has 2 saturated heterocycles. The van der Waals surface area contributed by atoms with Gasteiger partial charge in [0.15, 0.2) is 20.3 Å². The molecule has 3 rings (SSSR count). The van der Waals surface area contributed by atoms with Gasteiger partial charge in [-0.05, 0) is 32.0 Å². The van der Waals surface area contributed by atoms with E-state index in [1.165, 1.54) is 10.6 Å². The van der Waals surface area contributed by atoms with Gasteiger partial charge in [0, 0.05) is 20.2 Å². The molecule has 2 aliphatic heterocycles. The average Bonchev–Trinajstić information content (AvgIpc) is 3.04. The van der Waals surface area contributed by atoms with Crippen LogP contribution >= 0.6 is 0 Å². The first-order valence-electron chi connectivity index (χ1n) is 10.3. The predicted molar refractivity (Wildman–Crippen MR) is 117 cm³/mol. The molecule has 3 heterocycles. The lowest BCUT2D eigenvalue weighted by molar-refractivity contribution is -0.199. The van der Waals surface area contributed by atoms with E-state index in [0.29, 0.717) is 12.4 Å². The summed E-state index contributed by atoms with van der Waals surface area (Å²) in [6, 6.07) is 1.38. The Morgan fingerprint density at radius 2 is 1.80 bits per heavy atom. The number of nitrogens with zero attached hydrogens (tertiary/aromatic N) is 2. The van der Waals surface area contributed by atoms with E-state index in [9.17, 15) is 9.59 Å². The zero-order chi connectivity index (χ0) is 22.6. The molecule has 1 aromatic rings. The number of ether oxygens (including phenoxy) is 3. The molecule has 1 N–H and O–H groups in total. The molecule has 0 radical (unpaired) electrons. The molecule has 0 saturated carbocycles. The summed E-state index contributed by atoms with van der Waals surface area (Å²) in [5.41, 5.74) is -1.01. The lowest BCUT2D eigenvalue weighted by atomic mass is 10.1. The van der Waals surface area contributed by atoms with Gasteiger partial charge in [-0.3, -0.25) is 9.78 Å². The maximum Gasteiger partial charge on any atom is 0.332 e. The van der Waals surface area contributed by atoms with E-state index in [0.717, 1.165) is 0 Å². The molecule has 0 spiro atoms. The first kappa shape index (κ1) is 23.2. The van der Waals surface area contributed by atoms with Crippen LogP contribution in [0.15, 0.2) is 15.7 Å². The van der Waals surface area contributed by atoms with Gasteiger partial charge in [-0.15, -0.1) is 0 Å². The van der Waals surface area contributed by atoms with Crippen molar-refractivity contribution >= 4 is 14.1 Å². The molecule has 4 atom stereocenters. The summed E-state index contributed by atoms with van der Waals surface area (Å²) in [6.45, 7) is 15.0. The lowest BCUT2D eigenvalue weighted by Crippen LogP contribution is -2.44. The van der Waals surface area contributed by atoms with Crippen LogP contribution < -0.4 is 16.1 Å². The highest BCUT2D eigenvalue weighted by Crippen LogP contribution is 2.44. The van der Waals surface area contributed by atoms with E-state index in [-0.39, 0.29) is 11.1 Å². The molecule has 0 amide bonds. The summed E-state index contributed by atoms with van der Waals surface area (Å²) in [7, 11) is 1.54. The molecule has 1 aromatic heterocycles. The van der Waals surface area contributed by atoms with Crippen LogP contribution in [0.5, 0.6) is 0 Å². The van der Waals surface area contributed by atoms with Crippen LogP contribution in [-0.2, 0) is 18.6 Å². The van der Waals surface area contributed by atoms with Crippen LogP contribution in [0.2, 0.25) is 18.1 Å². The fourth-order valence-electron chi connectivity index (χ4n) is 3.59. The van der Waals surface area contributed by atoms with Gasteiger partial charge in [0.25, 0.3) is 5.56 Å².